The molecule has 1 aromatic rings. The third kappa shape index (κ3) is 4.32. The van der Waals surface area contributed by atoms with E-state index in [1.807, 2.05) is 0 Å². The minimum absolute atomic E-state index is 0.00350. The van der Waals surface area contributed by atoms with E-state index < -0.39 is 16.1 Å². The molecule has 1 aromatic carbocycles. The molecule has 0 saturated carbocycles. The van der Waals surface area contributed by atoms with Crippen molar-refractivity contribution in [1.82, 2.24) is 9.21 Å². The second kappa shape index (κ2) is 6.89. The van der Waals surface area contributed by atoms with Gasteiger partial charge in [-0.1, -0.05) is 17.7 Å². The van der Waals surface area contributed by atoms with Gasteiger partial charge in [-0.15, -0.1) is 0 Å². The van der Waals surface area contributed by atoms with Crippen LogP contribution in [-0.4, -0.2) is 61.8 Å². The van der Waals surface area contributed by atoms with Gasteiger partial charge in [0.2, 0.25) is 10.0 Å². The van der Waals surface area contributed by atoms with Gasteiger partial charge >= 0.3 is 0 Å². The first-order valence-electron chi connectivity index (χ1n) is 7.97. The predicted molar refractivity (Wildman–Crippen MR) is 92.9 cm³/mol. The topological polar surface area (TPSA) is 60.9 Å². The summed E-state index contributed by atoms with van der Waals surface area (Å²) in [5.41, 5.74) is 5.03. The van der Waals surface area contributed by atoms with Crippen LogP contribution >= 0.6 is 0 Å². The fourth-order valence-corrected chi connectivity index (χ4v) is 4.50. The molecule has 1 aliphatic heterocycles. The molecule has 2 rings (SSSR count). The summed E-state index contributed by atoms with van der Waals surface area (Å²) in [5, 5.41) is 10.2. The van der Waals surface area contributed by atoms with Crippen LogP contribution < -0.4 is 0 Å². The second-order valence-electron chi connectivity index (χ2n) is 6.96. The molecule has 1 saturated heterocycles. The molecular formula is C17H28N2O3S. The molecule has 23 heavy (non-hydrogen) atoms. The Kier molecular flexibility index (Phi) is 5.51. The highest BCUT2D eigenvalue weighted by Crippen LogP contribution is 2.24. The highest BCUT2D eigenvalue weighted by Gasteiger charge is 2.35. The molecule has 1 heterocycles. The van der Waals surface area contributed by atoms with Crippen LogP contribution in [0.4, 0.5) is 0 Å². The number of hydrogen-bond acceptors (Lipinski definition) is 4. The second-order valence-corrected chi connectivity index (χ2v) is 9.19. The zero-order chi connectivity index (χ0) is 17.4. The van der Waals surface area contributed by atoms with Crippen molar-refractivity contribution in [3.8, 4) is 0 Å². The van der Waals surface area contributed by atoms with Gasteiger partial charge in [-0.05, 0) is 37.5 Å². The quantitative estimate of drug-likeness (QED) is 0.878. The monoisotopic (exact) mass is 340 g/mol. The van der Waals surface area contributed by atoms with Gasteiger partial charge in [0.15, 0.2) is 0 Å². The number of aliphatic hydroxyl groups is 1. The van der Waals surface area contributed by atoms with Crippen molar-refractivity contribution in [3.63, 3.8) is 0 Å². The SMILES string of the molecule is Cc1cc(C)c(CN2C[C@@H](CS(=O)(=O)N(C)C)[C@@H](O)C2)c(C)c1. The average molecular weight is 340 g/mol. The summed E-state index contributed by atoms with van der Waals surface area (Å²) in [5.74, 6) is -0.225. The summed E-state index contributed by atoms with van der Waals surface area (Å²) in [6, 6.07) is 4.34. The Bertz CT molecular complexity index is 647. The maximum absolute atomic E-state index is 12.0. The van der Waals surface area contributed by atoms with Crippen molar-refractivity contribution in [2.75, 3.05) is 32.9 Å². The molecule has 1 fully saturated rings. The van der Waals surface area contributed by atoms with Gasteiger partial charge in [0.1, 0.15) is 0 Å². The normalized spacial score (nSPS) is 22.9. The molecule has 2 atom stereocenters. The molecule has 6 heteroatoms. The maximum atomic E-state index is 12.0. The molecular weight excluding hydrogens is 312 g/mol. The summed E-state index contributed by atoms with van der Waals surface area (Å²) in [6.07, 6.45) is -0.587. The summed E-state index contributed by atoms with van der Waals surface area (Å²) >= 11 is 0. The molecule has 0 radical (unpaired) electrons. The molecule has 0 aromatic heterocycles. The van der Waals surface area contributed by atoms with Crippen LogP contribution in [0, 0.1) is 26.7 Å². The number of sulfonamides is 1. The van der Waals surface area contributed by atoms with Crippen molar-refractivity contribution in [2.45, 2.75) is 33.4 Å². The van der Waals surface area contributed by atoms with E-state index in [-0.39, 0.29) is 11.7 Å². The predicted octanol–water partition coefficient (Wildman–Crippen LogP) is 1.30. The van der Waals surface area contributed by atoms with Gasteiger partial charge in [0.25, 0.3) is 0 Å². The Morgan fingerprint density at radius 2 is 1.74 bits per heavy atom. The highest BCUT2D eigenvalue weighted by molar-refractivity contribution is 7.89. The molecule has 5 nitrogen and oxygen atoms in total. The summed E-state index contributed by atoms with van der Waals surface area (Å²) in [4.78, 5) is 2.16. The van der Waals surface area contributed by atoms with Crippen molar-refractivity contribution in [3.05, 3.63) is 34.4 Å². The van der Waals surface area contributed by atoms with Gasteiger partial charge in [-0.25, -0.2) is 12.7 Å². The first kappa shape index (κ1) is 18.4. The van der Waals surface area contributed by atoms with Crippen LogP contribution in [0.15, 0.2) is 12.1 Å². The van der Waals surface area contributed by atoms with Crippen molar-refractivity contribution >= 4 is 10.0 Å². The molecule has 130 valence electrons. The molecule has 1 N–H and O–H groups in total. The zero-order valence-corrected chi connectivity index (χ0v) is 15.5. The zero-order valence-electron chi connectivity index (χ0n) is 14.7. The Morgan fingerprint density at radius 1 is 1.17 bits per heavy atom. The van der Waals surface area contributed by atoms with Crippen LogP contribution in [-0.2, 0) is 16.6 Å². The lowest BCUT2D eigenvalue weighted by atomic mass is 9.99. The summed E-state index contributed by atoms with van der Waals surface area (Å²) in [7, 11) is -0.216. The van der Waals surface area contributed by atoms with Crippen molar-refractivity contribution in [2.24, 2.45) is 5.92 Å². The number of nitrogens with zero attached hydrogens (tertiary/aromatic N) is 2. The molecule has 0 bridgehead atoms. The molecule has 0 aliphatic carbocycles. The third-order valence-electron chi connectivity index (χ3n) is 4.69. The van der Waals surface area contributed by atoms with Crippen LogP contribution in [0.3, 0.4) is 0 Å². The van der Waals surface area contributed by atoms with E-state index in [4.69, 9.17) is 0 Å². The van der Waals surface area contributed by atoms with Crippen molar-refractivity contribution in [1.29, 1.82) is 0 Å². The highest BCUT2D eigenvalue weighted by atomic mass is 32.2. The molecule has 1 aliphatic rings. The molecule has 0 amide bonds. The van der Waals surface area contributed by atoms with E-state index in [0.717, 1.165) is 6.54 Å². The van der Waals surface area contributed by atoms with E-state index in [1.54, 1.807) is 0 Å². The van der Waals surface area contributed by atoms with Gasteiger partial charge in [-0.2, -0.15) is 0 Å². The number of hydrogen-bond donors (Lipinski definition) is 1. The van der Waals surface area contributed by atoms with Gasteiger partial charge in [0, 0.05) is 39.6 Å². The Morgan fingerprint density at radius 3 is 2.26 bits per heavy atom. The minimum Gasteiger partial charge on any atom is -0.391 e. The van der Waals surface area contributed by atoms with Crippen LogP contribution in [0.5, 0.6) is 0 Å². The average Bonchev–Trinajstić information content (AvgIpc) is 2.73. The number of benzene rings is 1. The third-order valence-corrected chi connectivity index (χ3v) is 6.65. The van der Waals surface area contributed by atoms with E-state index in [0.29, 0.717) is 13.1 Å². The number of aliphatic hydroxyl groups excluding tert-OH is 1. The van der Waals surface area contributed by atoms with Crippen molar-refractivity contribution < 1.29 is 13.5 Å². The number of β-amino-alcohol motifs (C(OH)–C–C–N with tert-alkyl or cyclic N) is 1. The van der Waals surface area contributed by atoms with Crippen LogP contribution in [0.2, 0.25) is 0 Å². The fourth-order valence-electron chi connectivity index (χ4n) is 3.34. The molecule has 0 unspecified atom stereocenters. The Balaban J connectivity index is 2.08. The minimum atomic E-state index is -3.29. The van der Waals surface area contributed by atoms with Gasteiger partial charge < -0.3 is 5.11 Å². The lowest BCUT2D eigenvalue weighted by Gasteiger charge is -2.20. The van der Waals surface area contributed by atoms with Gasteiger partial charge in [0.05, 0.1) is 11.9 Å². The van der Waals surface area contributed by atoms with E-state index in [1.165, 1.54) is 40.7 Å². The van der Waals surface area contributed by atoms with Gasteiger partial charge in [-0.3, -0.25) is 4.90 Å². The Labute approximate surface area is 140 Å². The summed E-state index contributed by atoms with van der Waals surface area (Å²) < 4.78 is 25.3. The number of likely N-dealkylation sites (tertiary alicyclic amines) is 1. The van der Waals surface area contributed by atoms with E-state index >= 15 is 0 Å². The number of rotatable bonds is 5. The van der Waals surface area contributed by atoms with Crippen LogP contribution in [0.25, 0.3) is 0 Å². The van der Waals surface area contributed by atoms with E-state index in [2.05, 4.69) is 37.8 Å². The lowest BCUT2D eigenvalue weighted by molar-refractivity contribution is 0.148. The summed E-state index contributed by atoms with van der Waals surface area (Å²) in [6.45, 7) is 8.20. The largest absolute Gasteiger partial charge is 0.391 e. The molecule has 0 spiro atoms. The Hall–Kier alpha value is -0.950. The smallest absolute Gasteiger partial charge is 0.214 e. The lowest BCUT2D eigenvalue weighted by Crippen LogP contribution is -2.33. The first-order chi connectivity index (χ1) is 10.6. The van der Waals surface area contributed by atoms with Crippen LogP contribution in [0.1, 0.15) is 22.3 Å². The fraction of sp³-hybridized carbons (Fsp3) is 0.647. The van der Waals surface area contributed by atoms with E-state index in [9.17, 15) is 13.5 Å². The first-order valence-corrected chi connectivity index (χ1v) is 9.58. The maximum Gasteiger partial charge on any atom is 0.214 e. The number of aryl methyl sites for hydroxylation is 3. The standard InChI is InChI=1S/C17H28N2O3S/c1-12-6-13(2)16(14(3)7-12)9-19-8-15(17(20)10-19)11-23(21,22)18(4)5/h6-7,15,17,20H,8-11H2,1-5H3/t15-,17-/m0/s1.